The molecule has 0 radical (unpaired) electrons. The number of amides is 1. The van der Waals surface area contributed by atoms with Gasteiger partial charge in [0.1, 0.15) is 6.10 Å². The molecular formula is C56H109NO4. The Kier molecular flexibility index (Phi) is 50.5. The summed E-state index contributed by atoms with van der Waals surface area (Å²) in [5, 5.41) is 33.7. The molecule has 61 heavy (non-hydrogen) atoms. The monoisotopic (exact) mass is 860 g/mol. The lowest BCUT2D eigenvalue weighted by atomic mass is 10.0. The first kappa shape index (κ1) is 59.8. The highest BCUT2D eigenvalue weighted by Crippen LogP contribution is 2.17. The van der Waals surface area contributed by atoms with Crippen LogP contribution in [0.3, 0.4) is 0 Å². The van der Waals surface area contributed by atoms with Crippen molar-refractivity contribution in [1.29, 1.82) is 0 Å². The summed E-state index contributed by atoms with van der Waals surface area (Å²) < 4.78 is 0. The van der Waals surface area contributed by atoms with Crippen molar-refractivity contribution >= 4 is 5.91 Å². The van der Waals surface area contributed by atoms with E-state index in [0.717, 1.165) is 38.5 Å². The van der Waals surface area contributed by atoms with Crippen LogP contribution in [0.25, 0.3) is 0 Å². The van der Waals surface area contributed by atoms with Crippen LogP contribution < -0.4 is 5.32 Å². The number of aliphatic hydroxyl groups is 3. The van der Waals surface area contributed by atoms with Gasteiger partial charge in [-0.2, -0.15) is 0 Å². The second kappa shape index (κ2) is 51.5. The summed E-state index contributed by atoms with van der Waals surface area (Å²) in [6.07, 6.45) is 64.7. The second-order valence-electron chi connectivity index (χ2n) is 19.1. The quantitative estimate of drug-likeness (QED) is 0.0362. The lowest BCUT2D eigenvalue weighted by Crippen LogP contribution is -2.50. The number of hydrogen-bond donors (Lipinski definition) is 4. The Hall–Kier alpha value is -1.17. The Labute approximate surface area is 382 Å². The fourth-order valence-electron chi connectivity index (χ4n) is 8.75. The van der Waals surface area contributed by atoms with Crippen LogP contribution in [0.1, 0.15) is 303 Å². The van der Waals surface area contributed by atoms with Crippen LogP contribution in [-0.2, 0) is 4.79 Å². The summed E-state index contributed by atoms with van der Waals surface area (Å²) in [7, 11) is 0. The molecule has 0 aromatic rings. The molecule has 3 unspecified atom stereocenters. The van der Waals surface area contributed by atoms with Gasteiger partial charge in [0, 0.05) is 6.42 Å². The molecule has 0 spiro atoms. The first-order chi connectivity index (χ1) is 30.1. The predicted molar refractivity (Wildman–Crippen MR) is 268 cm³/mol. The van der Waals surface area contributed by atoms with E-state index in [2.05, 4.69) is 43.5 Å². The molecule has 0 heterocycles. The summed E-state index contributed by atoms with van der Waals surface area (Å²) >= 11 is 0. The van der Waals surface area contributed by atoms with Crippen molar-refractivity contribution in [1.82, 2.24) is 5.32 Å². The van der Waals surface area contributed by atoms with Crippen LogP contribution in [0.5, 0.6) is 0 Å². The van der Waals surface area contributed by atoms with Crippen molar-refractivity contribution in [3.63, 3.8) is 0 Å². The van der Waals surface area contributed by atoms with Gasteiger partial charge in [-0.1, -0.05) is 256 Å². The number of hydrogen-bond acceptors (Lipinski definition) is 4. The van der Waals surface area contributed by atoms with Crippen molar-refractivity contribution in [2.75, 3.05) is 6.61 Å². The Morgan fingerprint density at radius 2 is 0.656 bits per heavy atom. The van der Waals surface area contributed by atoms with Crippen molar-refractivity contribution in [2.24, 2.45) is 0 Å². The molecule has 0 aromatic heterocycles. The van der Waals surface area contributed by atoms with E-state index in [-0.39, 0.29) is 12.5 Å². The van der Waals surface area contributed by atoms with Gasteiger partial charge in [-0.05, 0) is 64.2 Å². The standard InChI is InChI=1S/C56H109NO4/c1-3-5-7-9-11-13-15-17-19-21-23-25-27-29-31-33-35-37-39-41-43-45-47-49-51-55(60)57-53(52-58)56(61)54(59)50-48-46-44-42-40-38-36-34-32-30-28-26-24-22-20-18-16-14-12-10-8-6-4-2/h29,31,42,44,53-54,56,58-59,61H,3-28,30,32-41,43,45-52H2,1-2H3,(H,57,60)/b31-29-,44-42+. The molecule has 0 saturated heterocycles. The van der Waals surface area contributed by atoms with E-state index in [0.29, 0.717) is 12.8 Å². The lowest BCUT2D eigenvalue weighted by molar-refractivity contribution is -0.124. The maximum absolute atomic E-state index is 12.5. The molecule has 0 aromatic carbocycles. The Morgan fingerprint density at radius 3 is 0.951 bits per heavy atom. The zero-order valence-electron chi connectivity index (χ0n) is 41.3. The summed E-state index contributed by atoms with van der Waals surface area (Å²) in [5.41, 5.74) is 0. The zero-order valence-corrected chi connectivity index (χ0v) is 41.3. The molecule has 0 aliphatic carbocycles. The van der Waals surface area contributed by atoms with Crippen molar-refractivity contribution in [2.45, 2.75) is 321 Å². The highest BCUT2D eigenvalue weighted by molar-refractivity contribution is 5.76. The van der Waals surface area contributed by atoms with Crippen molar-refractivity contribution in [3.05, 3.63) is 24.3 Å². The molecule has 0 aliphatic rings. The molecule has 0 rings (SSSR count). The molecule has 362 valence electrons. The van der Waals surface area contributed by atoms with Gasteiger partial charge in [-0.25, -0.2) is 0 Å². The molecule has 3 atom stereocenters. The Balaban J connectivity index is 3.58. The van der Waals surface area contributed by atoms with Gasteiger partial charge >= 0.3 is 0 Å². The van der Waals surface area contributed by atoms with E-state index in [4.69, 9.17) is 0 Å². The van der Waals surface area contributed by atoms with Gasteiger partial charge in [-0.3, -0.25) is 4.79 Å². The number of aliphatic hydroxyl groups excluding tert-OH is 3. The SMILES string of the molecule is CCCCCCCCCCCCCC/C=C\CCCCCCCCCCC(=O)NC(CO)C(O)C(O)CCC/C=C/CCCCCCCCCCCCCCCCCCCC. The molecule has 0 bridgehead atoms. The highest BCUT2D eigenvalue weighted by atomic mass is 16.3. The maximum atomic E-state index is 12.5. The molecule has 5 nitrogen and oxygen atoms in total. The number of carbonyl (C=O) groups excluding carboxylic acids is 1. The third-order valence-corrected chi connectivity index (χ3v) is 13.0. The van der Waals surface area contributed by atoms with Crippen molar-refractivity contribution < 1.29 is 20.1 Å². The number of nitrogens with one attached hydrogen (secondary N) is 1. The first-order valence-electron chi connectivity index (χ1n) is 27.6. The normalized spacial score (nSPS) is 13.5. The van der Waals surface area contributed by atoms with E-state index in [1.165, 1.54) is 238 Å². The summed E-state index contributed by atoms with van der Waals surface area (Å²) in [4.78, 5) is 12.5. The van der Waals surface area contributed by atoms with Gasteiger partial charge in [0.25, 0.3) is 0 Å². The minimum atomic E-state index is -1.16. The Bertz CT molecular complexity index is 905. The molecule has 5 heteroatoms. The number of rotatable bonds is 51. The van der Waals surface area contributed by atoms with E-state index in [1.54, 1.807) is 0 Å². The van der Waals surface area contributed by atoms with Gasteiger partial charge in [0.2, 0.25) is 5.91 Å². The minimum Gasteiger partial charge on any atom is -0.394 e. The molecule has 1 amide bonds. The largest absolute Gasteiger partial charge is 0.394 e. The second-order valence-corrected chi connectivity index (χ2v) is 19.1. The fraction of sp³-hybridized carbons (Fsp3) is 0.911. The molecule has 0 fully saturated rings. The minimum absolute atomic E-state index is 0.153. The molecule has 0 aliphatic heterocycles. The average Bonchev–Trinajstić information content (AvgIpc) is 3.26. The highest BCUT2D eigenvalue weighted by Gasteiger charge is 2.26. The van der Waals surface area contributed by atoms with Crippen LogP contribution in [-0.4, -0.2) is 46.1 Å². The van der Waals surface area contributed by atoms with Crippen molar-refractivity contribution in [3.8, 4) is 0 Å². The lowest BCUT2D eigenvalue weighted by Gasteiger charge is -2.26. The van der Waals surface area contributed by atoms with Crippen LogP contribution in [0, 0.1) is 0 Å². The number of unbranched alkanes of at least 4 members (excludes halogenated alkanes) is 39. The van der Waals surface area contributed by atoms with Gasteiger partial charge in [0.05, 0.1) is 18.8 Å². The zero-order chi connectivity index (χ0) is 44.4. The van der Waals surface area contributed by atoms with E-state index in [9.17, 15) is 20.1 Å². The first-order valence-corrected chi connectivity index (χ1v) is 27.6. The van der Waals surface area contributed by atoms with Gasteiger partial charge in [-0.15, -0.1) is 0 Å². The smallest absolute Gasteiger partial charge is 0.220 e. The van der Waals surface area contributed by atoms with Crippen LogP contribution in [0.15, 0.2) is 24.3 Å². The average molecular weight is 860 g/mol. The topological polar surface area (TPSA) is 89.8 Å². The third kappa shape index (κ3) is 46.6. The van der Waals surface area contributed by atoms with E-state index >= 15 is 0 Å². The van der Waals surface area contributed by atoms with E-state index < -0.39 is 18.2 Å². The predicted octanol–water partition coefficient (Wildman–Crippen LogP) is 16.9. The Morgan fingerprint density at radius 1 is 0.393 bits per heavy atom. The molecular weight excluding hydrogens is 751 g/mol. The third-order valence-electron chi connectivity index (χ3n) is 13.0. The summed E-state index contributed by atoms with van der Waals surface area (Å²) in [5.74, 6) is -0.153. The number of carbonyl (C=O) groups is 1. The number of allylic oxidation sites excluding steroid dienone is 4. The molecule has 4 N–H and O–H groups in total. The van der Waals surface area contributed by atoms with Crippen LogP contribution >= 0.6 is 0 Å². The summed E-state index contributed by atoms with van der Waals surface area (Å²) in [6, 6.07) is -0.827. The summed E-state index contributed by atoms with van der Waals surface area (Å²) in [6.45, 7) is 4.20. The van der Waals surface area contributed by atoms with Gasteiger partial charge in [0.15, 0.2) is 0 Å². The molecule has 0 saturated carbocycles. The van der Waals surface area contributed by atoms with Crippen LogP contribution in [0.2, 0.25) is 0 Å². The van der Waals surface area contributed by atoms with Crippen LogP contribution in [0.4, 0.5) is 0 Å². The van der Waals surface area contributed by atoms with E-state index in [1.807, 2.05) is 0 Å². The fourth-order valence-corrected chi connectivity index (χ4v) is 8.75. The maximum Gasteiger partial charge on any atom is 0.220 e. The van der Waals surface area contributed by atoms with Gasteiger partial charge < -0.3 is 20.6 Å².